The third-order valence-electron chi connectivity index (χ3n) is 5.76. The maximum absolute atomic E-state index is 12.8. The minimum atomic E-state index is -0.349. The molecule has 3 aromatic heterocycles. The van der Waals surface area contributed by atoms with Crippen molar-refractivity contribution in [2.45, 2.75) is 52.5 Å². The van der Waals surface area contributed by atoms with E-state index in [0.29, 0.717) is 18.2 Å². The Morgan fingerprint density at radius 1 is 1.37 bits per heavy atom. The van der Waals surface area contributed by atoms with E-state index in [2.05, 4.69) is 43.6 Å². The number of piperidine rings is 1. The summed E-state index contributed by atoms with van der Waals surface area (Å²) in [6.07, 6.45) is 5.47. The van der Waals surface area contributed by atoms with Crippen LogP contribution < -0.4 is 4.90 Å². The summed E-state index contributed by atoms with van der Waals surface area (Å²) in [6.45, 7) is 9.98. The predicted molar refractivity (Wildman–Crippen MR) is 114 cm³/mol. The minimum Gasteiger partial charge on any atom is -0.462 e. The molecule has 160 valence electrons. The smallest absolute Gasteiger partial charge is 0.341 e. The van der Waals surface area contributed by atoms with Crippen LogP contribution in [0.2, 0.25) is 0 Å². The van der Waals surface area contributed by atoms with Gasteiger partial charge in [-0.15, -0.1) is 10.2 Å². The SMILES string of the molecule is CCOC(=O)c1cnc2c(c(C)nn2C)c1N1CCCC(c2nncn2C(C)C)C1. The zero-order chi connectivity index (χ0) is 21.4. The lowest BCUT2D eigenvalue weighted by molar-refractivity contribution is 0.0526. The van der Waals surface area contributed by atoms with Crippen molar-refractivity contribution in [1.82, 2.24) is 29.5 Å². The van der Waals surface area contributed by atoms with Gasteiger partial charge in [0, 0.05) is 38.3 Å². The molecular weight excluding hydrogens is 382 g/mol. The van der Waals surface area contributed by atoms with Crippen LogP contribution >= 0.6 is 0 Å². The van der Waals surface area contributed by atoms with Crippen molar-refractivity contribution in [3.63, 3.8) is 0 Å². The number of pyridine rings is 1. The molecule has 0 radical (unpaired) electrons. The van der Waals surface area contributed by atoms with E-state index in [9.17, 15) is 4.79 Å². The Bertz CT molecular complexity index is 1070. The molecule has 4 rings (SSSR count). The van der Waals surface area contributed by atoms with Crippen LogP contribution in [0.15, 0.2) is 12.5 Å². The highest BCUT2D eigenvalue weighted by molar-refractivity contribution is 6.05. The lowest BCUT2D eigenvalue weighted by Gasteiger charge is -2.35. The van der Waals surface area contributed by atoms with Crippen LogP contribution in [0.25, 0.3) is 11.0 Å². The van der Waals surface area contributed by atoms with E-state index >= 15 is 0 Å². The molecule has 30 heavy (non-hydrogen) atoms. The summed E-state index contributed by atoms with van der Waals surface area (Å²) >= 11 is 0. The fourth-order valence-corrected chi connectivity index (χ4v) is 4.41. The molecule has 9 nitrogen and oxygen atoms in total. The summed E-state index contributed by atoms with van der Waals surface area (Å²) in [5.74, 6) is 0.886. The Morgan fingerprint density at radius 2 is 2.17 bits per heavy atom. The topological polar surface area (TPSA) is 91.0 Å². The zero-order valence-corrected chi connectivity index (χ0v) is 18.3. The second kappa shape index (κ2) is 8.04. The van der Waals surface area contributed by atoms with Crippen LogP contribution in [0, 0.1) is 6.92 Å². The molecule has 1 unspecified atom stereocenters. The second-order valence-electron chi connectivity index (χ2n) is 8.12. The monoisotopic (exact) mass is 411 g/mol. The Balaban J connectivity index is 1.80. The first kappa shape index (κ1) is 20.3. The summed E-state index contributed by atoms with van der Waals surface area (Å²) in [4.78, 5) is 19.6. The van der Waals surface area contributed by atoms with Crippen LogP contribution in [0.5, 0.6) is 0 Å². The molecule has 3 aromatic rings. The van der Waals surface area contributed by atoms with Crippen molar-refractivity contribution < 1.29 is 9.53 Å². The summed E-state index contributed by atoms with van der Waals surface area (Å²) < 4.78 is 9.25. The van der Waals surface area contributed by atoms with E-state index in [1.54, 1.807) is 17.2 Å². The van der Waals surface area contributed by atoms with Crippen LogP contribution in [0.3, 0.4) is 0 Å². The molecule has 0 aliphatic carbocycles. The van der Waals surface area contributed by atoms with Gasteiger partial charge in [0.1, 0.15) is 17.7 Å². The van der Waals surface area contributed by atoms with E-state index in [-0.39, 0.29) is 11.9 Å². The molecule has 9 heteroatoms. The standard InChI is InChI=1S/C21H29N7O2/c1-6-30-21(29)16-10-22-20-17(14(4)25-26(20)5)18(16)27-9-7-8-15(11-27)19-24-23-12-28(19)13(2)3/h10,12-13,15H,6-9,11H2,1-5H3. The molecule has 4 heterocycles. The first-order chi connectivity index (χ1) is 14.4. The number of anilines is 1. The van der Waals surface area contributed by atoms with Gasteiger partial charge in [0.2, 0.25) is 0 Å². The largest absolute Gasteiger partial charge is 0.462 e. The van der Waals surface area contributed by atoms with Crippen molar-refractivity contribution >= 4 is 22.7 Å². The first-order valence-electron chi connectivity index (χ1n) is 10.6. The van der Waals surface area contributed by atoms with Gasteiger partial charge in [-0.2, -0.15) is 5.10 Å². The molecule has 0 spiro atoms. The van der Waals surface area contributed by atoms with Crippen LogP contribution in [-0.4, -0.2) is 55.2 Å². The summed E-state index contributed by atoms with van der Waals surface area (Å²) in [5.41, 5.74) is 2.98. The Morgan fingerprint density at radius 3 is 2.90 bits per heavy atom. The fourth-order valence-electron chi connectivity index (χ4n) is 4.41. The molecule has 1 atom stereocenters. The third kappa shape index (κ3) is 3.42. The van der Waals surface area contributed by atoms with Crippen molar-refractivity contribution in [3.8, 4) is 0 Å². The fraction of sp³-hybridized carbons (Fsp3) is 0.571. The van der Waals surface area contributed by atoms with Gasteiger partial charge in [0.15, 0.2) is 5.65 Å². The van der Waals surface area contributed by atoms with Crippen LogP contribution in [0.1, 0.15) is 67.4 Å². The molecule has 0 amide bonds. The Hall–Kier alpha value is -2.97. The number of carbonyl (C=O) groups excluding carboxylic acids is 1. The Labute approximate surface area is 176 Å². The lowest BCUT2D eigenvalue weighted by atomic mass is 9.95. The van der Waals surface area contributed by atoms with Crippen molar-refractivity contribution in [2.75, 3.05) is 24.6 Å². The van der Waals surface area contributed by atoms with Gasteiger partial charge in [-0.25, -0.2) is 9.78 Å². The quantitative estimate of drug-likeness (QED) is 0.596. The normalized spacial score (nSPS) is 17.1. The highest BCUT2D eigenvalue weighted by atomic mass is 16.5. The maximum Gasteiger partial charge on any atom is 0.341 e. The number of carbonyl (C=O) groups is 1. The average molecular weight is 412 g/mol. The zero-order valence-electron chi connectivity index (χ0n) is 18.3. The van der Waals surface area contributed by atoms with Crippen LogP contribution in [0.4, 0.5) is 5.69 Å². The van der Waals surface area contributed by atoms with Gasteiger partial charge in [-0.1, -0.05) is 0 Å². The van der Waals surface area contributed by atoms with Gasteiger partial charge in [0.05, 0.1) is 23.4 Å². The Kier molecular flexibility index (Phi) is 5.44. The first-order valence-corrected chi connectivity index (χ1v) is 10.6. The second-order valence-corrected chi connectivity index (χ2v) is 8.12. The summed E-state index contributed by atoms with van der Waals surface area (Å²) in [6, 6.07) is 0.300. The van der Waals surface area contributed by atoms with Crippen molar-refractivity contribution in [2.24, 2.45) is 7.05 Å². The number of nitrogens with zero attached hydrogens (tertiary/aromatic N) is 7. The molecule has 1 aliphatic rings. The number of rotatable bonds is 5. The molecule has 0 saturated carbocycles. The number of hydrogen-bond donors (Lipinski definition) is 0. The number of ether oxygens (including phenoxy) is 1. The summed E-state index contributed by atoms with van der Waals surface area (Å²) in [5, 5.41) is 14.0. The van der Waals surface area contributed by atoms with Crippen molar-refractivity contribution in [3.05, 3.63) is 29.6 Å². The average Bonchev–Trinajstić information content (AvgIpc) is 3.33. The van der Waals surface area contributed by atoms with Gasteiger partial charge in [-0.05, 0) is 40.5 Å². The molecular formula is C21H29N7O2. The summed E-state index contributed by atoms with van der Waals surface area (Å²) in [7, 11) is 1.88. The predicted octanol–water partition coefficient (Wildman–Crippen LogP) is 3.01. The van der Waals surface area contributed by atoms with Crippen LogP contribution in [-0.2, 0) is 11.8 Å². The van der Waals surface area contributed by atoms with E-state index in [0.717, 1.165) is 54.2 Å². The van der Waals surface area contributed by atoms with Gasteiger partial charge >= 0.3 is 5.97 Å². The third-order valence-corrected chi connectivity index (χ3v) is 5.76. The molecule has 1 fully saturated rings. The number of fused-ring (bicyclic) bond motifs is 1. The molecule has 0 bridgehead atoms. The maximum atomic E-state index is 12.8. The van der Waals surface area contributed by atoms with E-state index in [1.807, 2.05) is 20.9 Å². The number of aromatic nitrogens is 6. The van der Waals surface area contributed by atoms with Gasteiger partial charge < -0.3 is 14.2 Å². The highest BCUT2D eigenvalue weighted by Gasteiger charge is 2.31. The minimum absolute atomic E-state index is 0.235. The highest BCUT2D eigenvalue weighted by Crippen LogP contribution is 2.37. The number of aryl methyl sites for hydroxylation is 2. The number of esters is 1. The molecule has 1 aliphatic heterocycles. The van der Waals surface area contributed by atoms with Crippen molar-refractivity contribution in [1.29, 1.82) is 0 Å². The van der Waals surface area contributed by atoms with Gasteiger partial charge in [-0.3, -0.25) is 4.68 Å². The number of hydrogen-bond acceptors (Lipinski definition) is 7. The van der Waals surface area contributed by atoms with Gasteiger partial charge in [0.25, 0.3) is 0 Å². The van der Waals surface area contributed by atoms with E-state index < -0.39 is 0 Å². The molecule has 1 saturated heterocycles. The lowest BCUT2D eigenvalue weighted by Crippen LogP contribution is -2.36. The van der Waals surface area contributed by atoms with E-state index in [4.69, 9.17) is 4.74 Å². The van der Waals surface area contributed by atoms with E-state index in [1.165, 1.54) is 0 Å². The molecule has 0 aromatic carbocycles. The molecule has 0 N–H and O–H groups in total.